The second-order valence-corrected chi connectivity index (χ2v) is 7.51. The molecule has 1 N–H and O–H groups in total. The maximum atomic E-state index is 12.3. The quantitative estimate of drug-likeness (QED) is 0.562. The summed E-state index contributed by atoms with van der Waals surface area (Å²) in [6, 6.07) is 13.7. The lowest BCUT2D eigenvalue weighted by Gasteiger charge is -2.09. The molecule has 6 nitrogen and oxygen atoms in total. The molecule has 1 amide bonds. The van der Waals surface area contributed by atoms with Gasteiger partial charge in [0.25, 0.3) is 5.91 Å². The molecule has 2 aromatic heterocycles. The number of hydrogen-bond acceptors (Lipinski definition) is 4. The molecule has 0 unspecified atom stereocenters. The van der Waals surface area contributed by atoms with Crippen LogP contribution in [0.1, 0.15) is 30.0 Å². The SMILES string of the molecule is Cn1c(CNC(=O)COc2ccc3oc4c(c3c2)CCCC4)nc2ccccc21. The van der Waals surface area contributed by atoms with E-state index in [1.807, 2.05) is 54.1 Å². The third kappa shape index (κ3) is 3.35. The van der Waals surface area contributed by atoms with Gasteiger partial charge in [-0.3, -0.25) is 4.79 Å². The van der Waals surface area contributed by atoms with E-state index in [4.69, 9.17) is 9.15 Å². The highest BCUT2D eigenvalue weighted by Crippen LogP contribution is 2.33. The predicted molar refractivity (Wildman–Crippen MR) is 111 cm³/mol. The van der Waals surface area contributed by atoms with Crippen LogP contribution in [0.15, 0.2) is 46.9 Å². The van der Waals surface area contributed by atoms with E-state index in [0.29, 0.717) is 12.3 Å². The molecule has 1 aliphatic carbocycles. The highest BCUT2D eigenvalue weighted by molar-refractivity contribution is 5.84. The van der Waals surface area contributed by atoms with Crippen molar-refractivity contribution in [3.8, 4) is 5.75 Å². The molecule has 6 heteroatoms. The first-order chi connectivity index (χ1) is 14.2. The lowest BCUT2D eigenvalue weighted by Crippen LogP contribution is -2.29. The number of amides is 1. The topological polar surface area (TPSA) is 69.3 Å². The minimum Gasteiger partial charge on any atom is -0.484 e. The number of aryl methyl sites for hydroxylation is 3. The predicted octanol–water partition coefficient (Wildman–Crippen LogP) is 3.89. The molecule has 0 fully saturated rings. The Morgan fingerprint density at radius 3 is 2.97 bits per heavy atom. The highest BCUT2D eigenvalue weighted by Gasteiger charge is 2.18. The molecule has 2 heterocycles. The monoisotopic (exact) mass is 389 g/mol. The van der Waals surface area contributed by atoms with Crippen LogP contribution in [-0.4, -0.2) is 22.1 Å². The Morgan fingerprint density at radius 2 is 2.07 bits per heavy atom. The number of fused-ring (bicyclic) bond motifs is 4. The van der Waals surface area contributed by atoms with Gasteiger partial charge in [-0.25, -0.2) is 4.98 Å². The highest BCUT2D eigenvalue weighted by atomic mass is 16.5. The summed E-state index contributed by atoms with van der Waals surface area (Å²) in [4.78, 5) is 16.8. The molecular weight excluding hydrogens is 366 g/mol. The minimum absolute atomic E-state index is 0.0323. The maximum absolute atomic E-state index is 12.3. The van der Waals surface area contributed by atoms with E-state index in [1.165, 1.54) is 18.4 Å². The standard InChI is InChI=1S/C23H23N3O3/c1-26-19-8-4-3-7-18(19)25-22(26)13-24-23(27)14-28-15-10-11-21-17(12-15)16-6-2-5-9-20(16)29-21/h3-4,7-8,10-12H,2,5-6,9,13-14H2,1H3,(H,24,27). The Balaban J connectivity index is 1.23. The molecule has 5 rings (SSSR count). The molecular formula is C23H23N3O3. The Bertz CT molecular complexity index is 1210. The number of imidazole rings is 1. The first-order valence-corrected chi connectivity index (χ1v) is 10.0. The number of para-hydroxylation sites is 2. The second kappa shape index (κ2) is 7.28. The van der Waals surface area contributed by atoms with E-state index in [0.717, 1.165) is 46.4 Å². The zero-order chi connectivity index (χ0) is 19.8. The first kappa shape index (κ1) is 17.8. The van der Waals surface area contributed by atoms with Crippen molar-refractivity contribution in [2.24, 2.45) is 7.05 Å². The van der Waals surface area contributed by atoms with Gasteiger partial charge in [0.15, 0.2) is 6.61 Å². The zero-order valence-electron chi connectivity index (χ0n) is 16.4. The van der Waals surface area contributed by atoms with Crippen LogP contribution in [0, 0.1) is 0 Å². The summed E-state index contributed by atoms with van der Waals surface area (Å²) in [5.74, 6) is 2.42. The van der Waals surface area contributed by atoms with Crippen molar-refractivity contribution in [3.63, 3.8) is 0 Å². The molecule has 4 aromatic rings. The van der Waals surface area contributed by atoms with Crippen molar-refractivity contribution < 1.29 is 13.9 Å². The van der Waals surface area contributed by atoms with E-state index in [2.05, 4.69) is 10.3 Å². The van der Waals surface area contributed by atoms with Gasteiger partial charge in [0.2, 0.25) is 0 Å². The van der Waals surface area contributed by atoms with Gasteiger partial charge in [-0.2, -0.15) is 0 Å². The van der Waals surface area contributed by atoms with Crippen molar-refractivity contribution in [1.82, 2.24) is 14.9 Å². The van der Waals surface area contributed by atoms with Crippen molar-refractivity contribution in [1.29, 1.82) is 0 Å². The Hall–Kier alpha value is -3.28. The van der Waals surface area contributed by atoms with Gasteiger partial charge in [-0.1, -0.05) is 12.1 Å². The van der Waals surface area contributed by atoms with Crippen molar-refractivity contribution >= 4 is 27.9 Å². The summed E-state index contributed by atoms with van der Waals surface area (Å²) in [5, 5.41) is 4.00. The van der Waals surface area contributed by atoms with Gasteiger partial charge >= 0.3 is 0 Å². The summed E-state index contributed by atoms with van der Waals surface area (Å²) in [7, 11) is 1.95. The molecule has 0 bridgehead atoms. The second-order valence-electron chi connectivity index (χ2n) is 7.51. The summed E-state index contributed by atoms with van der Waals surface area (Å²) < 4.78 is 13.7. The summed E-state index contributed by atoms with van der Waals surface area (Å²) in [6.45, 7) is 0.330. The van der Waals surface area contributed by atoms with Crippen LogP contribution in [0.3, 0.4) is 0 Å². The number of carbonyl (C=O) groups excluding carboxylic acids is 1. The number of furan rings is 1. The summed E-state index contributed by atoms with van der Waals surface area (Å²) >= 11 is 0. The number of nitrogens with one attached hydrogen (secondary N) is 1. The lowest BCUT2D eigenvalue weighted by molar-refractivity contribution is -0.123. The van der Waals surface area contributed by atoms with Gasteiger partial charge in [-0.15, -0.1) is 0 Å². The molecule has 0 saturated heterocycles. The van der Waals surface area contributed by atoms with Gasteiger partial charge < -0.3 is 19.0 Å². The minimum atomic E-state index is -0.175. The largest absolute Gasteiger partial charge is 0.484 e. The van der Waals surface area contributed by atoms with Crippen molar-refractivity contribution in [3.05, 3.63) is 59.6 Å². The number of rotatable bonds is 5. The maximum Gasteiger partial charge on any atom is 0.258 e. The number of hydrogen-bond donors (Lipinski definition) is 1. The van der Waals surface area contributed by atoms with Gasteiger partial charge in [0, 0.05) is 24.4 Å². The molecule has 2 aromatic carbocycles. The van der Waals surface area contributed by atoms with Crippen LogP contribution in [0.5, 0.6) is 5.75 Å². The molecule has 0 radical (unpaired) electrons. The normalized spacial score (nSPS) is 13.6. The van der Waals surface area contributed by atoms with E-state index in [9.17, 15) is 4.79 Å². The fourth-order valence-corrected chi connectivity index (χ4v) is 4.06. The zero-order valence-corrected chi connectivity index (χ0v) is 16.4. The van der Waals surface area contributed by atoms with E-state index < -0.39 is 0 Å². The van der Waals surface area contributed by atoms with Crippen molar-refractivity contribution in [2.45, 2.75) is 32.2 Å². The summed E-state index contributed by atoms with van der Waals surface area (Å²) in [6.07, 6.45) is 4.42. The summed E-state index contributed by atoms with van der Waals surface area (Å²) in [5.41, 5.74) is 4.16. The Morgan fingerprint density at radius 1 is 1.21 bits per heavy atom. The number of aromatic nitrogens is 2. The van der Waals surface area contributed by atoms with Gasteiger partial charge in [-0.05, 0) is 49.6 Å². The fourth-order valence-electron chi connectivity index (χ4n) is 4.06. The van der Waals surface area contributed by atoms with Crippen LogP contribution < -0.4 is 10.1 Å². The molecule has 0 saturated carbocycles. The molecule has 0 spiro atoms. The van der Waals surface area contributed by atoms with Crippen LogP contribution in [-0.2, 0) is 31.2 Å². The molecule has 148 valence electrons. The first-order valence-electron chi connectivity index (χ1n) is 10.0. The van der Waals surface area contributed by atoms with Crippen LogP contribution >= 0.6 is 0 Å². The Labute approximate surface area is 168 Å². The van der Waals surface area contributed by atoms with Crippen LogP contribution in [0.25, 0.3) is 22.0 Å². The van der Waals surface area contributed by atoms with E-state index >= 15 is 0 Å². The number of nitrogens with zero attached hydrogens (tertiary/aromatic N) is 2. The Kier molecular flexibility index (Phi) is 4.46. The van der Waals surface area contributed by atoms with Crippen LogP contribution in [0.2, 0.25) is 0 Å². The van der Waals surface area contributed by atoms with E-state index in [1.54, 1.807) is 0 Å². The average Bonchev–Trinajstić information content (AvgIpc) is 3.28. The number of benzene rings is 2. The third-order valence-corrected chi connectivity index (χ3v) is 5.62. The third-order valence-electron chi connectivity index (χ3n) is 5.62. The average molecular weight is 389 g/mol. The molecule has 29 heavy (non-hydrogen) atoms. The number of ether oxygens (including phenoxy) is 1. The lowest BCUT2D eigenvalue weighted by atomic mass is 9.96. The molecule has 0 atom stereocenters. The molecule has 1 aliphatic rings. The van der Waals surface area contributed by atoms with E-state index in [-0.39, 0.29) is 12.5 Å². The van der Waals surface area contributed by atoms with Crippen LogP contribution in [0.4, 0.5) is 0 Å². The van der Waals surface area contributed by atoms with Gasteiger partial charge in [0.05, 0.1) is 17.6 Å². The molecule has 0 aliphatic heterocycles. The van der Waals surface area contributed by atoms with Crippen molar-refractivity contribution in [2.75, 3.05) is 6.61 Å². The smallest absolute Gasteiger partial charge is 0.258 e. The fraction of sp³-hybridized carbons (Fsp3) is 0.304. The van der Waals surface area contributed by atoms with Gasteiger partial charge in [0.1, 0.15) is 22.9 Å². The number of carbonyl (C=O) groups is 1.